The molecule has 0 N–H and O–H groups in total. The summed E-state index contributed by atoms with van der Waals surface area (Å²) in [6.07, 6.45) is -3.27. The molecule has 0 aromatic heterocycles. The van der Waals surface area contributed by atoms with Gasteiger partial charge in [-0.25, -0.2) is 0 Å². The lowest BCUT2D eigenvalue weighted by atomic mass is 10.1. The summed E-state index contributed by atoms with van der Waals surface area (Å²) in [4.78, 5) is 36.9. The van der Waals surface area contributed by atoms with Crippen LogP contribution < -0.4 is 9.47 Å². The van der Waals surface area contributed by atoms with Crippen molar-refractivity contribution >= 4 is 34.7 Å². The van der Waals surface area contributed by atoms with Gasteiger partial charge in [-0.15, -0.1) is 0 Å². The van der Waals surface area contributed by atoms with E-state index in [1.54, 1.807) is 24.3 Å². The molecule has 3 aromatic carbocycles. The summed E-state index contributed by atoms with van der Waals surface area (Å²) in [6, 6.07) is 15.3. The first kappa shape index (κ1) is 25.8. The predicted octanol–water partition coefficient (Wildman–Crippen LogP) is 6.65. The lowest BCUT2D eigenvalue weighted by Gasteiger charge is -2.13. The first-order chi connectivity index (χ1) is 17.6. The summed E-state index contributed by atoms with van der Waals surface area (Å²) in [7, 11) is 1.31. The van der Waals surface area contributed by atoms with Gasteiger partial charge >= 0.3 is 11.9 Å². The van der Waals surface area contributed by atoms with Crippen LogP contribution >= 0.6 is 11.8 Å². The summed E-state index contributed by atoms with van der Waals surface area (Å²) in [5.41, 5.74) is -0.786. The molecule has 2 amide bonds. The van der Waals surface area contributed by atoms with Crippen LogP contribution in [0.1, 0.15) is 16.7 Å². The van der Waals surface area contributed by atoms with Crippen molar-refractivity contribution in [2.45, 2.75) is 12.7 Å². The van der Waals surface area contributed by atoms with Gasteiger partial charge < -0.3 is 9.47 Å². The van der Waals surface area contributed by atoms with Crippen LogP contribution in [0.3, 0.4) is 0 Å². The fourth-order valence-electron chi connectivity index (χ4n) is 3.45. The Kier molecular flexibility index (Phi) is 7.21. The van der Waals surface area contributed by atoms with E-state index in [9.17, 15) is 32.9 Å². The molecule has 0 saturated carbocycles. The average molecular weight is 530 g/mol. The summed E-state index contributed by atoms with van der Waals surface area (Å²) in [6.45, 7) is 0.130. The van der Waals surface area contributed by atoms with E-state index in [2.05, 4.69) is 0 Å². The largest absolute Gasteiger partial charge is 0.493 e. The summed E-state index contributed by atoms with van der Waals surface area (Å²) in [5, 5.41) is 10.9. The molecule has 3 aromatic rings. The Labute approximate surface area is 212 Å². The minimum absolute atomic E-state index is 0.000286. The Hall–Kier alpha value is -4.32. The number of imide groups is 1. The third-order valence-electron chi connectivity index (χ3n) is 5.25. The minimum atomic E-state index is -4.76. The van der Waals surface area contributed by atoms with Gasteiger partial charge in [0, 0.05) is 6.07 Å². The van der Waals surface area contributed by atoms with Gasteiger partial charge in [0.05, 0.1) is 29.0 Å². The fraction of sp³-hybridized carbons (Fsp3) is 0.120. The zero-order chi connectivity index (χ0) is 26.7. The van der Waals surface area contributed by atoms with E-state index >= 15 is 0 Å². The van der Waals surface area contributed by atoms with E-state index < -0.39 is 39.2 Å². The molecule has 0 spiro atoms. The second kappa shape index (κ2) is 10.3. The Morgan fingerprint density at radius 2 is 1.70 bits per heavy atom. The van der Waals surface area contributed by atoms with Crippen molar-refractivity contribution in [3.8, 4) is 17.2 Å². The molecule has 4 rings (SSSR count). The van der Waals surface area contributed by atoms with Crippen LogP contribution in [-0.2, 0) is 17.5 Å². The molecule has 12 heteroatoms. The van der Waals surface area contributed by atoms with Gasteiger partial charge in [0.2, 0.25) is 5.75 Å². The van der Waals surface area contributed by atoms with Crippen LogP contribution in [-0.4, -0.2) is 28.1 Å². The zero-order valence-corrected chi connectivity index (χ0v) is 19.8. The third-order valence-corrected chi connectivity index (χ3v) is 6.15. The van der Waals surface area contributed by atoms with E-state index in [0.29, 0.717) is 17.7 Å². The van der Waals surface area contributed by atoms with Crippen molar-refractivity contribution in [1.82, 2.24) is 4.90 Å². The van der Waals surface area contributed by atoms with Crippen LogP contribution in [0.5, 0.6) is 17.2 Å². The highest BCUT2D eigenvalue weighted by atomic mass is 32.2. The molecule has 190 valence electrons. The molecule has 1 saturated heterocycles. The first-order valence-electron chi connectivity index (χ1n) is 10.6. The van der Waals surface area contributed by atoms with Crippen LogP contribution in [0, 0.1) is 10.1 Å². The molecule has 37 heavy (non-hydrogen) atoms. The van der Waals surface area contributed by atoms with Gasteiger partial charge in [-0.3, -0.25) is 24.6 Å². The Morgan fingerprint density at radius 1 is 1.00 bits per heavy atom. The van der Waals surface area contributed by atoms with Crippen molar-refractivity contribution in [1.29, 1.82) is 0 Å². The molecule has 0 radical (unpaired) electrons. The van der Waals surface area contributed by atoms with Gasteiger partial charge in [-0.2, -0.15) is 13.2 Å². The van der Waals surface area contributed by atoms with Crippen LogP contribution in [0.2, 0.25) is 0 Å². The number of nitro groups is 1. The second-order valence-corrected chi connectivity index (χ2v) is 8.70. The van der Waals surface area contributed by atoms with Crippen LogP contribution in [0.4, 0.5) is 23.7 Å². The molecule has 1 aliphatic heterocycles. The van der Waals surface area contributed by atoms with E-state index in [0.717, 1.165) is 28.3 Å². The third kappa shape index (κ3) is 5.75. The van der Waals surface area contributed by atoms with Crippen molar-refractivity contribution in [2.24, 2.45) is 0 Å². The maximum absolute atomic E-state index is 13.0. The Balaban J connectivity index is 1.58. The summed E-state index contributed by atoms with van der Waals surface area (Å²) in [5.74, 6) is -0.768. The number of carbonyl (C=O) groups excluding carboxylic acids is 2. The minimum Gasteiger partial charge on any atom is -0.493 e. The maximum atomic E-state index is 13.0. The standard InChI is InChI=1S/C25H17F3N2O6S/c1-35-21-11-16(12-22-23(31)29(24(32)37-22)14-15-5-3-2-4-6-15)7-9-20(21)36-19-10-8-17(25(26,27)28)13-18(19)30(33)34/h2-13H,14H2,1H3/b22-12-. The maximum Gasteiger partial charge on any atom is 0.416 e. The molecule has 1 aliphatic rings. The summed E-state index contributed by atoms with van der Waals surface area (Å²) < 4.78 is 49.7. The molecular weight excluding hydrogens is 513 g/mol. The fourth-order valence-corrected chi connectivity index (χ4v) is 4.29. The number of thioether (sulfide) groups is 1. The molecule has 8 nitrogen and oxygen atoms in total. The normalized spacial score (nSPS) is 14.8. The van der Waals surface area contributed by atoms with E-state index in [1.807, 2.05) is 6.07 Å². The molecule has 1 fully saturated rings. The monoisotopic (exact) mass is 530 g/mol. The van der Waals surface area contributed by atoms with Gasteiger partial charge in [0.15, 0.2) is 11.5 Å². The number of hydrogen-bond acceptors (Lipinski definition) is 7. The summed E-state index contributed by atoms with van der Waals surface area (Å²) >= 11 is 0.784. The number of nitrogens with zero attached hydrogens (tertiary/aromatic N) is 2. The lowest BCUT2D eigenvalue weighted by Crippen LogP contribution is -2.27. The number of nitro benzene ring substituents is 1. The number of ether oxygens (including phenoxy) is 2. The number of carbonyl (C=O) groups is 2. The number of alkyl halides is 3. The molecule has 0 unspecified atom stereocenters. The van der Waals surface area contributed by atoms with Crippen molar-refractivity contribution in [2.75, 3.05) is 7.11 Å². The molecule has 0 atom stereocenters. The zero-order valence-electron chi connectivity index (χ0n) is 19.0. The second-order valence-electron chi connectivity index (χ2n) is 7.70. The van der Waals surface area contributed by atoms with Crippen molar-refractivity contribution < 1.29 is 37.2 Å². The van der Waals surface area contributed by atoms with Crippen molar-refractivity contribution in [3.63, 3.8) is 0 Å². The predicted molar refractivity (Wildman–Crippen MR) is 129 cm³/mol. The highest BCUT2D eigenvalue weighted by molar-refractivity contribution is 8.18. The molecule has 1 heterocycles. The number of hydrogen-bond donors (Lipinski definition) is 0. The van der Waals surface area contributed by atoms with E-state index in [4.69, 9.17) is 9.47 Å². The quantitative estimate of drug-likeness (QED) is 0.192. The molecule has 0 aliphatic carbocycles. The average Bonchev–Trinajstić information content (AvgIpc) is 3.12. The van der Waals surface area contributed by atoms with E-state index in [1.165, 1.54) is 31.4 Å². The first-order valence-corrected chi connectivity index (χ1v) is 11.4. The SMILES string of the molecule is COc1cc(/C=C2\SC(=O)N(Cc3ccccc3)C2=O)ccc1Oc1ccc(C(F)(F)F)cc1[N+](=O)[O-]. The van der Waals surface area contributed by atoms with Gasteiger partial charge in [0.1, 0.15) is 0 Å². The molecular formula is C25H17F3N2O6S. The number of amides is 2. The topological polar surface area (TPSA) is 99.0 Å². The van der Waals surface area contributed by atoms with Crippen LogP contribution in [0.25, 0.3) is 6.08 Å². The van der Waals surface area contributed by atoms with Gasteiger partial charge in [0.25, 0.3) is 11.1 Å². The van der Waals surface area contributed by atoms with Crippen LogP contribution in [0.15, 0.2) is 71.6 Å². The highest BCUT2D eigenvalue weighted by Gasteiger charge is 2.35. The van der Waals surface area contributed by atoms with E-state index in [-0.39, 0.29) is 22.9 Å². The Bertz CT molecular complexity index is 1410. The number of benzene rings is 3. The number of halogens is 3. The Morgan fingerprint density at radius 3 is 2.35 bits per heavy atom. The lowest BCUT2D eigenvalue weighted by molar-refractivity contribution is -0.385. The van der Waals surface area contributed by atoms with Gasteiger partial charge in [-0.1, -0.05) is 36.4 Å². The number of methoxy groups -OCH3 is 1. The smallest absolute Gasteiger partial charge is 0.416 e. The highest BCUT2D eigenvalue weighted by Crippen LogP contribution is 2.41. The van der Waals surface area contributed by atoms with Gasteiger partial charge in [-0.05, 0) is 53.2 Å². The molecule has 0 bridgehead atoms. The number of rotatable bonds is 7. The van der Waals surface area contributed by atoms with Crippen molar-refractivity contribution in [3.05, 3.63) is 98.4 Å².